The summed E-state index contributed by atoms with van der Waals surface area (Å²) in [4.78, 5) is 34.3. The highest BCUT2D eigenvalue weighted by atomic mass is 16.4. The summed E-state index contributed by atoms with van der Waals surface area (Å²) in [5.74, 6) is -1.34. The molecule has 1 aromatic rings. The van der Waals surface area contributed by atoms with Crippen LogP contribution in [0.4, 0.5) is 5.69 Å². The number of aliphatic carboxylic acids is 1. The van der Waals surface area contributed by atoms with Crippen molar-refractivity contribution in [3.63, 3.8) is 0 Å². The average molecular weight is 330 g/mol. The van der Waals surface area contributed by atoms with Crippen LogP contribution in [0.25, 0.3) is 0 Å². The molecule has 0 heterocycles. The smallest absolute Gasteiger partial charge is 0.305 e. The van der Waals surface area contributed by atoms with Gasteiger partial charge in [0.25, 0.3) is 5.91 Å². The van der Waals surface area contributed by atoms with Crippen LogP contribution < -0.4 is 10.6 Å². The van der Waals surface area contributed by atoms with E-state index in [-0.39, 0.29) is 24.8 Å². The monoisotopic (exact) mass is 330 g/mol. The second-order valence-electron chi connectivity index (χ2n) is 5.81. The number of carboxylic acids is 1. The molecule has 1 aliphatic rings. The Labute approximate surface area is 140 Å². The van der Waals surface area contributed by atoms with E-state index in [2.05, 4.69) is 16.7 Å². The first-order valence-electron chi connectivity index (χ1n) is 8.12. The summed E-state index contributed by atoms with van der Waals surface area (Å²) < 4.78 is 0. The Balaban J connectivity index is 1.82. The minimum atomic E-state index is -0.957. The van der Waals surface area contributed by atoms with E-state index in [4.69, 9.17) is 5.11 Å². The highest BCUT2D eigenvalue weighted by molar-refractivity contribution is 5.96. The van der Waals surface area contributed by atoms with Gasteiger partial charge in [-0.15, -0.1) is 0 Å². The molecule has 0 unspecified atom stereocenters. The Bertz CT molecular complexity index is 635. The van der Waals surface area contributed by atoms with E-state index in [0.717, 1.165) is 19.3 Å². The fourth-order valence-electron chi connectivity index (χ4n) is 2.57. The number of allylic oxidation sites excluding steroid dienone is 1. The summed E-state index contributed by atoms with van der Waals surface area (Å²) in [6.45, 7) is 0.0851. The van der Waals surface area contributed by atoms with Gasteiger partial charge in [0.15, 0.2) is 0 Å². The lowest BCUT2D eigenvalue weighted by molar-refractivity contribution is -0.136. The van der Waals surface area contributed by atoms with Crippen molar-refractivity contribution in [3.8, 4) is 0 Å². The summed E-state index contributed by atoms with van der Waals surface area (Å²) in [7, 11) is 0. The summed E-state index contributed by atoms with van der Waals surface area (Å²) >= 11 is 0. The van der Waals surface area contributed by atoms with E-state index in [1.54, 1.807) is 24.3 Å². The molecule has 0 saturated heterocycles. The number of hydrogen-bond acceptors (Lipinski definition) is 3. The van der Waals surface area contributed by atoms with Crippen LogP contribution in [0.15, 0.2) is 35.9 Å². The number of nitrogens with one attached hydrogen (secondary N) is 2. The first-order chi connectivity index (χ1) is 11.5. The van der Waals surface area contributed by atoms with Crippen LogP contribution in [-0.4, -0.2) is 29.4 Å². The minimum Gasteiger partial charge on any atom is -0.481 e. The molecule has 0 bridgehead atoms. The second-order valence-corrected chi connectivity index (χ2v) is 5.81. The fourth-order valence-corrected chi connectivity index (χ4v) is 2.57. The molecule has 0 aromatic heterocycles. The van der Waals surface area contributed by atoms with E-state index >= 15 is 0 Å². The Morgan fingerprint density at radius 3 is 2.46 bits per heavy atom. The lowest BCUT2D eigenvalue weighted by Gasteiger charge is -2.12. The zero-order valence-electron chi connectivity index (χ0n) is 13.5. The van der Waals surface area contributed by atoms with E-state index < -0.39 is 5.97 Å². The molecular formula is C18H22N2O4. The molecule has 0 atom stereocenters. The lowest BCUT2D eigenvalue weighted by Crippen LogP contribution is -2.25. The number of rotatable bonds is 7. The number of hydrogen-bond donors (Lipinski definition) is 3. The molecule has 6 heteroatoms. The van der Waals surface area contributed by atoms with Gasteiger partial charge in [0, 0.05) is 24.2 Å². The molecular weight excluding hydrogens is 308 g/mol. The van der Waals surface area contributed by atoms with Crippen LogP contribution in [-0.2, 0) is 9.59 Å². The molecule has 1 aliphatic carbocycles. The van der Waals surface area contributed by atoms with Crippen molar-refractivity contribution in [2.75, 3.05) is 11.9 Å². The highest BCUT2D eigenvalue weighted by Crippen LogP contribution is 2.20. The van der Waals surface area contributed by atoms with Crippen molar-refractivity contribution in [1.29, 1.82) is 0 Å². The first kappa shape index (κ1) is 17.7. The van der Waals surface area contributed by atoms with Gasteiger partial charge in [-0.05, 0) is 49.9 Å². The predicted octanol–water partition coefficient (Wildman–Crippen LogP) is 2.72. The summed E-state index contributed by atoms with van der Waals surface area (Å²) in [6.07, 6.45) is 6.82. The number of benzene rings is 1. The van der Waals surface area contributed by atoms with Crippen molar-refractivity contribution in [2.24, 2.45) is 0 Å². The number of carbonyl (C=O) groups is 3. The van der Waals surface area contributed by atoms with E-state index in [0.29, 0.717) is 17.7 Å². The normalized spacial score (nSPS) is 13.8. The van der Waals surface area contributed by atoms with Crippen molar-refractivity contribution >= 4 is 23.5 Å². The summed E-state index contributed by atoms with van der Waals surface area (Å²) in [5.41, 5.74) is 2.25. The number of amides is 2. The van der Waals surface area contributed by atoms with Gasteiger partial charge in [-0.25, -0.2) is 0 Å². The van der Waals surface area contributed by atoms with Gasteiger partial charge in [-0.1, -0.05) is 11.6 Å². The Morgan fingerprint density at radius 2 is 1.83 bits per heavy atom. The van der Waals surface area contributed by atoms with Crippen LogP contribution in [0.3, 0.4) is 0 Å². The van der Waals surface area contributed by atoms with Gasteiger partial charge in [0.2, 0.25) is 5.91 Å². The molecule has 0 radical (unpaired) electrons. The summed E-state index contributed by atoms with van der Waals surface area (Å²) in [6, 6.07) is 6.54. The van der Waals surface area contributed by atoms with Gasteiger partial charge in [-0.3, -0.25) is 14.4 Å². The molecule has 0 spiro atoms. The van der Waals surface area contributed by atoms with Crippen molar-refractivity contribution in [3.05, 3.63) is 41.5 Å². The van der Waals surface area contributed by atoms with Crippen LogP contribution in [0, 0.1) is 0 Å². The van der Waals surface area contributed by atoms with Crippen LogP contribution in [0.2, 0.25) is 0 Å². The third-order valence-corrected chi connectivity index (χ3v) is 3.83. The number of carbonyl (C=O) groups excluding carboxylic acids is 2. The van der Waals surface area contributed by atoms with Gasteiger partial charge in [0.1, 0.15) is 0 Å². The van der Waals surface area contributed by atoms with Gasteiger partial charge in [-0.2, -0.15) is 0 Å². The third kappa shape index (κ3) is 5.87. The number of carboxylic acid groups (broad SMARTS) is 1. The van der Waals surface area contributed by atoms with E-state index in [1.807, 2.05) is 0 Å². The zero-order chi connectivity index (χ0) is 17.4. The van der Waals surface area contributed by atoms with E-state index in [9.17, 15) is 14.4 Å². The number of anilines is 1. The van der Waals surface area contributed by atoms with Crippen molar-refractivity contribution in [2.45, 2.75) is 38.5 Å². The molecule has 24 heavy (non-hydrogen) atoms. The van der Waals surface area contributed by atoms with Crippen molar-refractivity contribution in [1.82, 2.24) is 5.32 Å². The van der Waals surface area contributed by atoms with Crippen molar-refractivity contribution < 1.29 is 19.5 Å². The van der Waals surface area contributed by atoms with E-state index in [1.165, 1.54) is 12.0 Å². The maximum Gasteiger partial charge on any atom is 0.305 e. The molecule has 2 rings (SSSR count). The van der Waals surface area contributed by atoms with Gasteiger partial charge >= 0.3 is 5.97 Å². The molecule has 1 aromatic carbocycles. The molecule has 0 fully saturated rings. The molecule has 0 saturated carbocycles. The Kier molecular flexibility index (Phi) is 6.54. The SMILES string of the molecule is O=C(O)CCNC(=O)c1ccc(NC(=O)CC2=CCCCC2)cc1. The predicted molar refractivity (Wildman–Crippen MR) is 90.8 cm³/mol. The second kappa shape index (κ2) is 8.86. The molecule has 0 aliphatic heterocycles. The summed E-state index contributed by atoms with van der Waals surface area (Å²) in [5, 5.41) is 13.9. The molecule has 3 N–H and O–H groups in total. The maximum atomic E-state index is 12.0. The largest absolute Gasteiger partial charge is 0.481 e. The van der Waals surface area contributed by atoms with Crippen LogP contribution in [0.1, 0.15) is 48.9 Å². The zero-order valence-corrected chi connectivity index (χ0v) is 13.5. The maximum absolute atomic E-state index is 12.0. The van der Waals surface area contributed by atoms with Crippen LogP contribution >= 0.6 is 0 Å². The van der Waals surface area contributed by atoms with Crippen LogP contribution in [0.5, 0.6) is 0 Å². The highest BCUT2D eigenvalue weighted by Gasteiger charge is 2.10. The molecule has 6 nitrogen and oxygen atoms in total. The minimum absolute atomic E-state index is 0.0539. The molecule has 2 amide bonds. The Morgan fingerprint density at radius 1 is 1.08 bits per heavy atom. The Hall–Kier alpha value is -2.63. The average Bonchev–Trinajstić information content (AvgIpc) is 2.56. The topological polar surface area (TPSA) is 95.5 Å². The van der Waals surface area contributed by atoms with Gasteiger partial charge in [0.05, 0.1) is 6.42 Å². The molecule has 128 valence electrons. The van der Waals surface area contributed by atoms with Gasteiger partial charge < -0.3 is 15.7 Å². The standard InChI is InChI=1S/C18H22N2O4/c21-16(12-13-4-2-1-3-5-13)20-15-8-6-14(7-9-15)18(24)19-11-10-17(22)23/h4,6-9H,1-3,5,10-12H2,(H,19,24)(H,20,21)(H,22,23). The third-order valence-electron chi connectivity index (χ3n) is 3.83. The fraction of sp³-hybridized carbons (Fsp3) is 0.389. The first-order valence-corrected chi connectivity index (χ1v) is 8.12. The quantitative estimate of drug-likeness (QED) is 0.670. The lowest BCUT2D eigenvalue weighted by atomic mass is 9.97.